The van der Waals surface area contributed by atoms with Crippen LogP contribution >= 0.6 is 27.5 Å². The normalized spacial score (nSPS) is 10.2. The third kappa shape index (κ3) is 2.83. The van der Waals surface area contributed by atoms with Crippen LogP contribution in [-0.2, 0) is 0 Å². The molecule has 0 spiro atoms. The number of halogens is 3. The van der Waals surface area contributed by atoms with E-state index >= 15 is 0 Å². The first-order valence-electron chi connectivity index (χ1n) is 4.80. The average Bonchev–Trinajstić information content (AvgIpc) is 2.35. The molecule has 2 heterocycles. The van der Waals surface area contributed by atoms with E-state index in [9.17, 15) is 9.18 Å². The molecule has 7 heteroatoms. The smallest absolute Gasteiger partial charge is 0.258 e. The van der Waals surface area contributed by atoms with Crippen LogP contribution in [0.1, 0.15) is 10.4 Å². The fraction of sp³-hybridized carbons (Fsp3) is 0. The van der Waals surface area contributed by atoms with Crippen LogP contribution in [0.25, 0.3) is 0 Å². The Kier molecular flexibility index (Phi) is 3.88. The number of nitrogens with one attached hydrogen (secondary N) is 1. The van der Waals surface area contributed by atoms with E-state index in [-0.39, 0.29) is 16.4 Å². The van der Waals surface area contributed by atoms with E-state index in [2.05, 4.69) is 31.2 Å². The highest BCUT2D eigenvalue weighted by Gasteiger charge is 2.14. The molecule has 0 aliphatic heterocycles. The van der Waals surface area contributed by atoms with Crippen molar-refractivity contribution in [2.75, 3.05) is 5.32 Å². The van der Waals surface area contributed by atoms with Crippen LogP contribution in [0, 0.1) is 5.82 Å². The van der Waals surface area contributed by atoms with E-state index in [1.54, 1.807) is 0 Å². The van der Waals surface area contributed by atoms with E-state index in [1.165, 1.54) is 24.5 Å². The number of anilines is 1. The van der Waals surface area contributed by atoms with Gasteiger partial charge in [-0.1, -0.05) is 11.6 Å². The third-order valence-corrected chi connectivity index (χ3v) is 2.81. The highest BCUT2D eigenvalue weighted by atomic mass is 79.9. The van der Waals surface area contributed by atoms with Gasteiger partial charge in [0.2, 0.25) is 0 Å². The number of aromatic nitrogens is 2. The highest BCUT2D eigenvalue weighted by molar-refractivity contribution is 9.10. The van der Waals surface area contributed by atoms with Crippen molar-refractivity contribution in [3.05, 3.63) is 51.7 Å². The molecule has 2 aromatic rings. The monoisotopic (exact) mass is 329 g/mol. The Bertz CT molecular complexity index is 609. The maximum atomic E-state index is 13.3. The van der Waals surface area contributed by atoms with Crippen molar-refractivity contribution in [3.63, 3.8) is 0 Å². The SMILES string of the molecule is O=C(Nc1ccncc1F)c1cc(Br)cnc1Cl. The molecule has 2 rings (SSSR count). The van der Waals surface area contributed by atoms with Crippen LogP contribution in [0.2, 0.25) is 5.15 Å². The van der Waals surface area contributed by atoms with Gasteiger partial charge in [-0.2, -0.15) is 0 Å². The molecular weight excluding hydrogens is 324 g/mol. The largest absolute Gasteiger partial charge is 0.319 e. The average molecular weight is 331 g/mol. The van der Waals surface area contributed by atoms with Crippen molar-refractivity contribution in [2.24, 2.45) is 0 Å². The summed E-state index contributed by atoms with van der Waals surface area (Å²) in [6.07, 6.45) is 3.85. The van der Waals surface area contributed by atoms with Crippen molar-refractivity contribution in [1.82, 2.24) is 9.97 Å². The molecule has 0 saturated heterocycles. The number of pyridine rings is 2. The van der Waals surface area contributed by atoms with Gasteiger partial charge in [-0.05, 0) is 28.1 Å². The minimum Gasteiger partial charge on any atom is -0.319 e. The predicted molar refractivity (Wildman–Crippen MR) is 69.1 cm³/mol. The second-order valence-corrected chi connectivity index (χ2v) is 4.58. The number of hydrogen-bond acceptors (Lipinski definition) is 3. The van der Waals surface area contributed by atoms with Crippen molar-refractivity contribution in [3.8, 4) is 0 Å². The van der Waals surface area contributed by atoms with Crippen LogP contribution in [-0.4, -0.2) is 15.9 Å². The first kappa shape index (κ1) is 12.9. The predicted octanol–water partition coefficient (Wildman–Crippen LogP) is 3.28. The van der Waals surface area contributed by atoms with Gasteiger partial charge in [-0.25, -0.2) is 9.37 Å². The molecule has 0 aromatic carbocycles. The molecule has 1 N–H and O–H groups in total. The molecule has 0 atom stereocenters. The zero-order valence-corrected chi connectivity index (χ0v) is 11.2. The van der Waals surface area contributed by atoms with Gasteiger partial charge < -0.3 is 5.32 Å². The van der Waals surface area contributed by atoms with Crippen LogP contribution in [0.5, 0.6) is 0 Å². The number of rotatable bonds is 2. The number of hydrogen-bond donors (Lipinski definition) is 1. The summed E-state index contributed by atoms with van der Waals surface area (Å²) in [6, 6.07) is 2.86. The molecule has 1 amide bonds. The lowest BCUT2D eigenvalue weighted by molar-refractivity contribution is 0.102. The quantitative estimate of drug-likeness (QED) is 0.860. The Morgan fingerprint density at radius 2 is 2.22 bits per heavy atom. The topological polar surface area (TPSA) is 54.9 Å². The molecule has 2 aromatic heterocycles. The minimum atomic E-state index is -0.620. The number of nitrogens with zero attached hydrogens (tertiary/aromatic N) is 2. The van der Waals surface area contributed by atoms with E-state index in [0.29, 0.717) is 4.47 Å². The molecule has 0 saturated carbocycles. The molecule has 18 heavy (non-hydrogen) atoms. The maximum absolute atomic E-state index is 13.3. The Labute approximate surface area is 115 Å². The van der Waals surface area contributed by atoms with Gasteiger partial charge >= 0.3 is 0 Å². The summed E-state index contributed by atoms with van der Waals surface area (Å²) in [5, 5.41) is 2.44. The van der Waals surface area contributed by atoms with E-state index in [0.717, 1.165) is 6.20 Å². The van der Waals surface area contributed by atoms with Gasteiger partial charge in [0.05, 0.1) is 17.4 Å². The molecule has 0 bridgehead atoms. The summed E-state index contributed by atoms with van der Waals surface area (Å²) in [7, 11) is 0. The Morgan fingerprint density at radius 3 is 2.94 bits per heavy atom. The summed E-state index contributed by atoms with van der Waals surface area (Å²) >= 11 is 8.98. The van der Waals surface area contributed by atoms with Crippen molar-refractivity contribution in [2.45, 2.75) is 0 Å². The molecule has 0 aliphatic carbocycles. The summed E-state index contributed by atoms with van der Waals surface area (Å²) in [5.74, 6) is -1.16. The van der Waals surface area contributed by atoms with Crippen LogP contribution in [0.3, 0.4) is 0 Å². The van der Waals surface area contributed by atoms with Gasteiger partial charge in [-0.3, -0.25) is 9.78 Å². The standard InChI is InChI=1S/C11H6BrClFN3O/c12-6-3-7(10(13)16-4-6)11(18)17-9-1-2-15-5-8(9)14/h1-5H,(H,15,17,18). The molecule has 4 nitrogen and oxygen atoms in total. The first-order chi connectivity index (χ1) is 8.58. The van der Waals surface area contributed by atoms with Gasteiger partial charge in [0.25, 0.3) is 5.91 Å². The van der Waals surface area contributed by atoms with E-state index in [4.69, 9.17) is 11.6 Å². The van der Waals surface area contributed by atoms with E-state index < -0.39 is 11.7 Å². The Balaban J connectivity index is 2.28. The Morgan fingerprint density at radius 1 is 1.44 bits per heavy atom. The fourth-order valence-corrected chi connectivity index (χ4v) is 1.77. The highest BCUT2D eigenvalue weighted by Crippen LogP contribution is 2.20. The van der Waals surface area contributed by atoms with Gasteiger partial charge in [0.15, 0.2) is 5.82 Å². The second kappa shape index (κ2) is 5.41. The Hall–Kier alpha value is -1.53. The maximum Gasteiger partial charge on any atom is 0.258 e. The van der Waals surface area contributed by atoms with Gasteiger partial charge in [0, 0.05) is 16.9 Å². The lowest BCUT2D eigenvalue weighted by Crippen LogP contribution is -2.14. The minimum absolute atomic E-state index is 0.0334. The zero-order chi connectivity index (χ0) is 13.1. The third-order valence-electron chi connectivity index (χ3n) is 2.07. The first-order valence-corrected chi connectivity index (χ1v) is 5.97. The molecule has 0 unspecified atom stereocenters. The van der Waals surface area contributed by atoms with Crippen molar-refractivity contribution in [1.29, 1.82) is 0 Å². The van der Waals surface area contributed by atoms with Crippen LogP contribution in [0.15, 0.2) is 35.2 Å². The van der Waals surface area contributed by atoms with E-state index in [1.807, 2.05) is 0 Å². The van der Waals surface area contributed by atoms with Gasteiger partial charge in [-0.15, -0.1) is 0 Å². The van der Waals surface area contributed by atoms with Crippen molar-refractivity contribution < 1.29 is 9.18 Å². The molecule has 92 valence electrons. The lowest BCUT2D eigenvalue weighted by atomic mass is 10.2. The molecular formula is C11H6BrClFN3O. The lowest BCUT2D eigenvalue weighted by Gasteiger charge is -2.07. The fourth-order valence-electron chi connectivity index (χ4n) is 1.25. The summed E-state index contributed by atoms with van der Waals surface area (Å²) in [5.41, 5.74) is 0.188. The summed E-state index contributed by atoms with van der Waals surface area (Å²) < 4.78 is 13.9. The zero-order valence-electron chi connectivity index (χ0n) is 8.82. The molecule has 0 fully saturated rings. The molecule has 0 aliphatic rings. The summed E-state index contributed by atoms with van der Waals surface area (Å²) in [4.78, 5) is 19.3. The summed E-state index contributed by atoms with van der Waals surface area (Å²) in [6.45, 7) is 0. The number of amides is 1. The van der Waals surface area contributed by atoms with Crippen LogP contribution < -0.4 is 5.32 Å². The van der Waals surface area contributed by atoms with Gasteiger partial charge in [0.1, 0.15) is 5.15 Å². The number of carbonyl (C=O) groups excluding carboxylic acids is 1. The second-order valence-electron chi connectivity index (χ2n) is 3.30. The molecule has 0 radical (unpaired) electrons. The van der Waals surface area contributed by atoms with Crippen molar-refractivity contribution >= 4 is 39.1 Å². The van der Waals surface area contributed by atoms with Crippen LogP contribution in [0.4, 0.5) is 10.1 Å². The number of carbonyl (C=O) groups is 1.